The molecule has 1 heterocycles. The predicted molar refractivity (Wildman–Crippen MR) is 80.1 cm³/mol. The second kappa shape index (κ2) is 5.14. The molecule has 4 heteroatoms. The summed E-state index contributed by atoms with van der Waals surface area (Å²) in [5.74, 6) is -0.0477. The first kappa shape index (κ1) is 12.9. The average Bonchev–Trinajstić information content (AvgIpc) is 2.91. The number of anilines is 1. The first-order valence-electron chi connectivity index (χ1n) is 6.47. The van der Waals surface area contributed by atoms with Gasteiger partial charge in [-0.05, 0) is 49.4 Å². The summed E-state index contributed by atoms with van der Waals surface area (Å²) in [6.45, 7) is 1.99. The number of furan rings is 1. The van der Waals surface area contributed by atoms with Crippen molar-refractivity contribution >= 4 is 22.6 Å². The van der Waals surface area contributed by atoms with Crippen molar-refractivity contribution in [2.75, 3.05) is 5.32 Å². The first-order valence-corrected chi connectivity index (χ1v) is 6.47. The van der Waals surface area contributed by atoms with Crippen LogP contribution in [0.2, 0.25) is 0 Å². The van der Waals surface area contributed by atoms with Crippen LogP contribution in [0.3, 0.4) is 0 Å². The average molecular weight is 276 g/mol. The van der Waals surface area contributed by atoms with Crippen molar-refractivity contribution in [3.63, 3.8) is 0 Å². The van der Waals surface area contributed by atoms with Crippen molar-refractivity contribution in [1.82, 2.24) is 0 Å². The van der Waals surface area contributed by atoms with Crippen LogP contribution in [0.15, 0.2) is 52.9 Å². The van der Waals surface area contributed by atoms with Crippen molar-refractivity contribution in [1.29, 1.82) is 5.26 Å². The molecule has 0 aliphatic carbocycles. The predicted octanol–water partition coefficient (Wildman–Crippen LogP) is 3.87. The Balaban J connectivity index is 1.84. The summed E-state index contributed by atoms with van der Waals surface area (Å²) in [4.78, 5) is 12.2. The fourth-order valence-corrected chi connectivity index (χ4v) is 2.10. The van der Waals surface area contributed by atoms with Gasteiger partial charge in [-0.25, -0.2) is 0 Å². The maximum Gasteiger partial charge on any atom is 0.291 e. The molecule has 0 atom stereocenters. The van der Waals surface area contributed by atoms with E-state index in [-0.39, 0.29) is 11.7 Å². The van der Waals surface area contributed by atoms with E-state index in [2.05, 4.69) is 5.32 Å². The Labute approximate surface area is 121 Å². The monoisotopic (exact) mass is 276 g/mol. The Hall–Kier alpha value is -3.06. The Bertz CT molecular complexity index is 855. The molecule has 0 aliphatic heterocycles. The number of hydrogen-bond donors (Lipinski definition) is 1. The molecule has 0 saturated heterocycles. The molecule has 0 radical (unpaired) electrons. The van der Waals surface area contributed by atoms with Crippen LogP contribution in [0, 0.1) is 18.3 Å². The summed E-state index contributed by atoms with van der Waals surface area (Å²) in [6.07, 6.45) is 0. The van der Waals surface area contributed by atoms with Gasteiger partial charge in [0.2, 0.25) is 0 Å². The number of hydrogen-bond acceptors (Lipinski definition) is 3. The number of aryl methyl sites for hydroxylation is 1. The van der Waals surface area contributed by atoms with E-state index in [1.54, 1.807) is 30.3 Å². The van der Waals surface area contributed by atoms with Gasteiger partial charge >= 0.3 is 0 Å². The van der Waals surface area contributed by atoms with Crippen molar-refractivity contribution in [2.24, 2.45) is 0 Å². The Morgan fingerprint density at radius 2 is 1.90 bits per heavy atom. The lowest BCUT2D eigenvalue weighted by atomic mass is 10.2. The van der Waals surface area contributed by atoms with E-state index in [0.29, 0.717) is 16.8 Å². The van der Waals surface area contributed by atoms with Crippen LogP contribution in [-0.4, -0.2) is 5.91 Å². The molecule has 1 N–H and O–H groups in total. The van der Waals surface area contributed by atoms with E-state index in [9.17, 15) is 4.79 Å². The number of carbonyl (C=O) groups is 1. The van der Waals surface area contributed by atoms with Crippen molar-refractivity contribution in [3.8, 4) is 6.07 Å². The zero-order valence-corrected chi connectivity index (χ0v) is 11.4. The molecule has 3 aromatic rings. The number of carbonyl (C=O) groups excluding carboxylic acids is 1. The molecule has 0 spiro atoms. The molecule has 3 rings (SSSR count). The topological polar surface area (TPSA) is 66.0 Å². The van der Waals surface area contributed by atoms with Gasteiger partial charge in [0.15, 0.2) is 5.76 Å². The SMILES string of the molecule is Cc1ccc2oc(C(=O)Nc3ccc(C#N)cc3)cc2c1. The minimum absolute atomic E-state index is 0.264. The zero-order valence-electron chi connectivity index (χ0n) is 11.4. The molecule has 21 heavy (non-hydrogen) atoms. The highest BCUT2D eigenvalue weighted by Gasteiger charge is 2.12. The van der Waals surface area contributed by atoms with Crippen LogP contribution < -0.4 is 5.32 Å². The molecule has 2 aromatic carbocycles. The number of nitriles is 1. The summed E-state index contributed by atoms with van der Waals surface area (Å²) >= 11 is 0. The van der Waals surface area contributed by atoms with Gasteiger partial charge in [0, 0.05) is 11.1 Å². The van der Waals surface area contributed by atoms with E-state index >= 15 is 0 Å². The van der Waals surface area contributed by atoms with Crippen LogP contribution in [-0.2, 0) is 0 Å². The maximum atomic E-state index is 12.2. The minimum Gasteiger partial charge on any atom is -0.451 e. The van der Waals surface area contributed by atoms with Crippen LogP contribution in [0.1, 0.15) is 21.7 Å². The molecule has 102 valence electrons. The van der Waals surface area contributed by atoms with Crippen molar-refractivity contribution in [2.45, 2.75) is 6.92 Å². The number of rotatable bonds is 2. The van der Waals surface area contributed by atoms with E-state index in [1.165, 1.54) is 0 Å². The van der Waals surface area contributed by atoms with E-state index in [1.807, 2.05) is 31.2 Å². The third kappa shape index (κ3) is 2.63. The molecular formula is C17H12N2O2. The van der Waals surface area contributed by atoms with Crippen LogP contribution >= 0.6 is 0 Å². The zero-order chi connectivity index (χ0) is 14.8. The van der Waals surface area contributed by atoms with Gasteiger partial charge in [-0.1, -0.05) is 11.6 Å². The Morgan fingerprint density at radius 3 is 2.62 bits per heavy atom. The number of benzene rings is 2. The van der Waals surface area contributed by atoms with Gasteiger partial charge in [0.05, 0.1) is 11.6 Å². The van der Waals surface area contributed by atoms with Crippen LogP contribution in [0.5, 0.6) is 0 Å². The summed E-state index contributed by atoms with van der Waals surface area (Å²) < 4.78 is 5.54. The summed E-state index contributed by atoms with van der Waals surface area (Å²) in [5.41, 5.74) is 2.97. The highest BCUT2D eigenvalue weighted by atomic mass is 16.3. The van der Waals surface area contributed by atoms with Gasteiger partial charge in [0.1, 0.15) is 5.58 Å². The molecule has 0 bridgehead atoms. The molecule has 0 aliphatic rings. The molecule has 4 nitrogen and oxygen atoms in total. The second-order valence-electron chi connectivity index (χ2n) is 4.80. The lowest BCUT2D eigenvalue weighted by Crippen LogP contribution is -2.10. The van der Waals surface area contributed by atoms with Crippen LogP contribution in [0.4, 0.5) is 5.69 Å². The molecular weight excluding hydrogens is 264 g/mol. The lowest BCUT2D eigenvalue weighted by Gasteiger charge is -2.02. The highest BCUT2D eigenvalue weighted by Crippen LogP contribution is 2.21. The van der Waals surface area contributed by atoms with Crippen LogP contribution in [0.25, 0.3) is 11.0 Å². The fourth-order valence-electron chi connectivity index (χ4n) is 2.10. The summed E-state index contributed by atoms with van der Waals surface area (Å²) in [6, 6.07) is 16.2. The standard InChI is InChI=1S/C17H12N2O2/c1-11-2-7-15-13(8-11)9-16(21-15)17(20)19-14-5-3-12(10-18)4-6-14/h2-9H,1H3,(H,19,20). The summed E-state index contributed by atoms with van der Waals surface area (Å²) in [5, 5.41) is 12.4. The first-order chi connectivity index (χ1) is 10.2. The van der Waals surface area contributed by atoms with Gasteiger partial charge in [0.25, 0.3) is 5.91 Å². The minimum atomic E-state index is -0.312. The van der Waals surface area contributed by atoms with E-state index in [0.717, 1.165) is 10.9 Å². The molecule has 0 fully saturated rings. The highest BCUT2D eigenvalue weighted by molar-refractivity contribution is 6.04. The third-order valence-electron chi connectivity index (χ3n) is 3.17. The number of nitrogens with zero attached hydrogens (tertiary/aromatic N) is 1. The summed E-state index contributed by atoms with van der Waals surface area (Å²) in [7, 11) is 0. The van der Waals surface area contributed by atoms with E-state index < -0.39 is 0 Å². The van der Waals surface area contributed by atoms with Gasteiger partial charge in [-0.2, -0.15) is 5.26 Å². The Kier molecular flexibility index (Phi) is 3.17. The quantitative estimate of drug-likeness (QED) is 0.772. The fraction of sp³-hybridized carbons (Fsp3) is 0.0588. The number of fused-ring (bicyclic) bond motifs is 1. The normalized spacial score (nSPS) is 10.3. The Morgan fingerprint density at radius 1 is 1.14 bits per heavy atom. The lowest BCUT2D eigenvalue weighted by molar-refractivity contribution is 0.0998. The van der Waals surface area contributed by atoms with Gasteiger partial charge < -0.3 is 9.73 Å². The molecule has 1 amide bonds. The van der Waals surface area contributed by atoms with Crippen molar-refractivity contribution < 1.29 is 9.21 Å². The smallest absolute Gasteiger partial charge is 0.291 e. The molecule has 1 aromatic heterocycles. The third-order valence-corrected chi connectivity index (χ3v) is 3.17. The number of amides is 1. The van der Waals surface area contributed by atoms with Gasteiger partial charge in [-0.3, -0.25) is 4.79 Å². The largest absolute Gasteiger partial charge is 0.451 e. The molecule has 0 saturated carbocycles. The van der Waals surface area contributed by atoms with E-state index in [4.69, 9.17) is 9.68 Å². The maximum absolute atomic E-state index is 12.2. The van der Waals surface area contributed by atoms with Crippen molar-refractivity contribution in [3.05, 3.63) is 65.4 Å². The molecule has 0 unspecified atom stereocenters. The van der Waals surface area contributed by atoms with Gasteiger partial charge in [-0.15, -0.1) is 0 Å². The number of nitrogens with one attached hydrogen (secondary N) is 1. The second-order valence-corrected chi connectivity index (χ2v) is 4.80.